The molecule has 1 aliphatic heterocycles. The molecule has 0 spiro atoms. The average molecular weight is 536 g/mol. The van der Waals surface area contributed by atoms with Gasteiger partial charge in [0.15, 0.2) is 12.4 Å². The Bertz CT molecular complexity index is 1530. The first-order valence-electron chi connectivity index (χ1n) is 14.1. The molecule has 0 atom stereocenters. The van der Waals surface area contributed by atoms with E-state index in [4.69, 9.17) is 14.7 Å². The van der Waals surface area contributed by atoms with E-state index in [0.717, 1.165) is 66.2 Å². The minimum Gasteiger partial charge on any atom is -0.484 e. The van der Waals surface area contributed by atoms with Crippen LogP contribution in [0.3, 0.4) is 0 Å². The average Bonchev–Trinajstić information content (AvgIpc) is 3.89. The molecule has 3 aliphatic rings. The van der Waals surface area contributed by atoms with Crippen molar-refractivity contribution < 1.29 is 9.53 Å². The number of nitrogens with zero attached hydrogens (tertiary/aromatic N) is 4. The number of fused-ring (bicyclic) bond motifs is 1. The monoisotopic (exact) mass is 535 g/mol. The molecule has 0 bridgehead atoms. The maximum absolute atomic E-state index is 12.3. The van der Waals surface area contributed by atoms with Crippen LogP contribution in [0.25, 0.3) is 22.5 Å². The molecule has 0 unspecified atom stereocenters. The Morgan fingerprint density at radius 1 is 1.10 bits per heavy atom. The summed E-state index contributed by atoms with van der Waals surface area (Å²) in [5, 5.41) is 13.5. The van der Waals surface area contributed by atoms with E-state index in [9.17, 15) is 4.79 Å². The van der Waals surface area contributed by atoms with Crippen molar-refractivity contribution in [3.05, 3.63) is 72.2 Å². The van der Waals surface area contributed by atoms with Gasteiger partial charge in [-0.3, -0.25) is 14.8 Å². The Morgan fingerprint density at radius 2 is 1.95 bits per heavy atom. The SMILES string of the molecule is CC1(NC(=O)COc2cccc(-c3nc4c(c(Nc5ccc(-c6cn[nH]c6)cc5)n3)CN(C3CC3)CC4)c2)CC1. The third-order valence-electron chi connectivity index (χ3n) is 8.04. The third kappa shape index (κ3) is 5.42. The third-order valence-corrected chi connectivity index (χ3v) is 8.04. The van der Waals surface area contributed by atoms with Crippen molar-refractivity contribution in [1.29, 1.82) is 0 Å². The maximum Gasteiger partial charge on any atom is 0.258 e. The fourth-order valence-corrected chi connectivity index (χ4v) is 5.27. The topological polar surface area (TPSA) is 108 Å². The van der Waals surface area contributed by atoms with Crippen molar-refractivity contribution in [3.63, 3.8) is 0 Å². The lowest BCUT2D eigenvalue weighted by Gasteiger charge is -2.29. The number of aromatic nitrogens is 4. The molecule has 2 saturated carbocycles. The fraction of sp³-hybridized carbons (Fsp3) is 0.355. The second-order valence-electron chi connectivity index (χ2n) is 11.4. The number of carbonyl (C=O) groups is 1. The van der Waals surface area contributed by atoms with E-state index in [1.165, 1.54) is 18.4 Å². The van der Waals surface area contributed by atoms with Crippen molar-refractivity contribution in [1.82, 2.24) is 30.4 Å². The van der Waals surface area contributed by atoms with E-state index in [-0.39, 0.29) is 18.1 Å². The maximum atomic E-state index is 12.3. The molecule has 2 aromatic carbocycles. The fourth-order valence-electron chi connectivity index (χ4n) is 5.27. The second-order valence-corrected chi connectivity index (χ2v) is 11.4. The zero-order valence-corrected chi connectivity index (χ0v) is 22.6. The Morgan fingerprint density at radius 3 is 2.70 bits per heavy atom. The lowest BCUT2D eigenvalue weighted by atomic mass is 10.0. The molecule has 40 heavy (non-hydrogen) atoms. The summed E-state index contributed by atoms with van der Waals surface area (Å²) in [7, 11) is 0. The van der Waals surface area contributed by atoms with E-state index in [1.807, 2.05) is 36.7 Å². The van der Waals surface area contributed by atoms with Gasteiger partial charge in [-0.25, -0.2) is 9.97 Å². The first kappa shape index (κ1) is 24.8. The Hall–Kier alpha value is -4.24. The molecule has 1 amide bonds. The van der Waals surface area contributed by atoms with Crippen LogP contribution in [-0.2, 0) is 17.8 Å². The number of nitrogens with one attached hydrogen (secondary N) is 3. The number of rotatable bonds is 9. The summed E-state index contributed by atoms with van der Waals surface area (Å²) < 4.78 is 5.83. The summed E-state index contributed by atoms with van der Waals surface area (Å²) in [6, 6.07) is 16.7. The lowest BCUT2D eigenvalue weighted by Crippen LogP contribution is -2.37. The van der Waals surface area contributed by atoms with Crippen LogP contribution in [0.15, 0.2) is 60.9 Å². The number of carbonyl (C=O) groups excluding carboxylic acids is 1. The van der Waals surface area contributed by atoms with Crippen LogP contribution in [0.2, 0.25) is 0 Å². The van der Waals surface area contributed by atoms with Gasteiger partial charge in [0.1, 0.15) is 11.6 Å². The molecule has 3 heterocycles. The highest BCUT2D eigenvalue weighted by Crippen LogP contribution is 2.36. The van der Waals surface area contributed by atoms with Gasteiger partial charge in [-0.2, -0.15) is 5.10 Å². The minimum absolute atomic E-state index is 0.0112. The van der Waals surface area contributed by atoms with Crippen LogP contribution < -0.4 is 15.4 Å². The normalized spacial score (nSPS) is 17.6. The number of hydrogen-bond donors (Lipinski definition) is 3. The summed E-state index contributed by atoms with van der Waals surface area (Å²) in [6.45, 7) is 3.92. The number of benzene rings is 2. The van der Waals surface area contributed by atoms with Gasteiger partial charge in [-0.05, 0) is 62.4 Å². The highest BCUT2D eigenvalue weighted by molar-refractivity contribution is 5.79. The number of anilines is 2. The van der Waals surface area contributed by atoms with Gasteiger partial charge in [0.2, 0.25) is 0 Å². The van der Waals surface area contributed by atoms with Crippen LogP contribution in [-0.4, -0.2) is 55.7 Å². The van der Waals surface area contributed by atoms with Gasteiger partial charge in [0.25, 0.3) is 5.91 Å². The molecule has 0 radical (unpaired) electrons. The van der Waals surface area contributed by atoms with Crippen LogP contribution in [0.4, 0.5) is 11.5 Å². The summed E-state index contributed by atoms with van der Waals surface area (Å²) in [4.78, 5) is 24.9. The summed E-state index contributed by atoms with van der Waals surface area (Å²) >= 11 is 0. The molecule has 204 valence electrons. The molecule has 9 nitrogen and oxygen atoms in total. The molecule has 9 heteroatoms. The predicted molar refractivity (Wildman–Crippen MR) is 153 cm³/mol. The Kier molecular flexibility index (Phi) is 6.23. The van der Waals surface area contributed by atoms with Crippen LogP contribution in [0.5, 0.6) is 5.75 Å². The molecule has 3 N–H and O–H groups in total. The van der Waals surface area contributed by atoms with Crippen molar-refractivity contribution in [2.24, 2.45) is 0 Å². The highest BCUT2D eigenvalue weighted by atomic mass is 16.5. The molecule has 0 saturated heterocycles. The van der Waals surface area contributed by atoms with Gasteiger partial charge in [-0.1, -0.05) is 24.3 Å². The highest BCUT2D eigenvalue weighted by Gasteiger charge is 2.38. The molecule has 4 aromatic rings. The van der Waals surface area contributed by atoms with E-state index < -0.39 is 0 Å². The van der Waals surface area contributed by atoms with Crippen molar-refractivity contribution in [2.75, 3.05) is 18.5 Å². The van der Waals surface area contributed by atoms with Gasteiger partial charge in [0, 0.05) is 59.7 Å². The molecule has 7 rings (SSSR count). The minimum atomic E-state index is -0.0964. The smallest absolute Gasteiger partial charge is 0.258 e. The molecular weight excluding hydrogens is 502 g/mol. The number of aromatic amines is 1. The first-order valence-corrected chi connectivity index (χ1v) is 14.1. The van der Waals surface area contributed by atoms with Gasteiger partial charge in [-0.15, -0.1) is 0 Å². The largest absolute Gasteiger partial charge is 0.484 e. The van der Waals surface area contributed by atoms with Gasteiger partial charge >= 0.3 is 0 Å². The molecular formula is C31H33N7O2. The number of H-pyrrole nitrogens is 1. The van der Waals surface area contributed by atoms with Crippen LogP contribution >= 0.6 is 0 Å². The van der Waals surface area contributed by atoms with Crippen molar-refractivity contribution in [2.45, 2.75) is 57.2 Å². The van der Waals surface area contributed by atoms with Crippen LogP contribution in [0.1, 0.15) is 43.9 Å². The van der Waals surface area contributed by atoms with Crippen molar-refractivity contribution in [3.8, 4) is 28.3 Å². The van der Waals surface area contributed by atoms with Gasteiger partial charge < -0.3 is 15.4 Å². The Balaban J connectivity index is 1.15. The molecule has 2 aliphatic carbocycles. The summed E-state index contributed by atoms with van der Waals surface area (Å²) in [5.41, 5.74) is 6.17. The van der Waals surface area contributed by atoms with Gasteiger partial charge in [0.05, 0.1) is 11.9 Å². The number of ether oxygens (including phenoxy) is 1. The molecule has 2 fully saturated rings. The van der Waals surface area contributed by atoms with Crippen molar-refractivity contribution >= 4 is 17.4 Å². The Labute approximate surface area is 233 Å². The summed E-state index contributed by atoms with van der Waals surface area (Å²) in [5.74, 6) is 2.02. The number of hydrogen-bond acceptors (Lipinski definition) is 7. The standard InChI is InChI=1S/C31H33N7O2/c1-31(12-13-31)37-28(39)19-40-25-4-2-3-21(15-25)29-35-27-11-14-38(24-9-10-24)18-26(27)30(36-29)34-23-7-5-20(6-8-23)22-16-32-33-17-22/h2-8,15-17,24H,9-14,18-19H2,1H3,(H,32,33)(H,37,39)(H,34,35,36). The second kappa shape index (κ2) is 10.1. The quantitative estimate of drug-likeness (QED) is 0.281. The zero-order chi connectivity index (χ0) is 27.1. The van der Waals surface area contributed by atoms with E-state index in [0.29, 0.717) is 17.6 Å². The molecule has 2 aromatic heterocycles. The zero-order valence-electron chi connectivity index (χ0n) is 22.6. The lowest BCUT2D eigenvalue weighted by molar-refractivity contribution is -0.123. The van der Waals surface area contributed by atoms with E-state index in [2.05, 4.69) is 56.9 Å². The first-order chi connectivity index (χ1) is 19.5. The van der Waals surface area contributed by atoms with Crippen LogP contribution in [0, 0.1) is 0 Å². The van der Waals surface area contributed by atoms with E-state index in [1.54, 1.807) is 0 Å². The predicted octanol–water partition coefficient (Wildman–Crippen LogP) is 4.85. The summed E-state index contributed by atoms with van der Waals surface area (Å²) in [6.07, 6.45) is 9.19. The van der Waals surface area contributed by atoms with E-state index >= 15 is 0 Å². The number of amides is 1.